The van der Waals surface area contributed by atoms with Crippen molar-refractivity contribution >= 4 is 187 Å². The third-order valence-electron chi connectivity index (χ3n) is 31.1. The van der Waals surface area contributed by atoms with Gasteiger partial charge in [0.05, 0.1) is 33.4 Å². The third kappa shape index (κ3) is 12.7. The van der Waals surface area contributed by atoms with Crippen molar-refractivity contribution in [3.8, 4) is 100 Å². The zero-order valence-electron chi connectivity index (χ0n) is 79.2. The van der Waals surface area contributed by atoms with Crippen molar-refractivity contribution in [1.82, 2.24) is 9.13 Å². The Bertz CT molecular complexity index is 9340. The molecule has 0 bridgehead atoms. The van der Waals surface area contributed by atoms with Crippen LogP contribution < -0.4 is 26.2 Å². The van der Waals surface area contributed by atoms with Crippen LogP contribution in [-0.2, 0) is 5.41 Å². The molecule has 25 aromatic carbocycles. The van der Waals surface area contributed by atoms with Crippen LogP contribution in [0.3, 0.4) is 0 Å². The Morgan fingerprint density at radius 2 is 0.469 bits per heavy atom. The molecule has 0 atom stereocenters. The van der Waals surface area contributed by atoms with Crippen LogP contribution in [0.25, 0.3) is 230 Å². The highest BCUT2D eigenvalue weighted by Crippen LogP contribution is 2.58. The number of fused-ring (bicyclic) bond motifs is 24. The van der Waals surface area contributed by atoms with Gasteiger partial charge in [-0.1, -0.05) is 433 Å². The van der Waals surface area contributed by atoms with E-state index in [4.69, 9.17) is 0 Å². The minimum absolute atomic E-state index is 0.391. The summed E-state index contributed by atoms with van der Waals surface area (Å²) in [6.45, 7) is 6.89. The standard InChI is InChI=1S/C138H91BN4/c1-138(2,3)98-82-129-133-130(83-98)143(135-119(92-40-12-6-13-41-92)80-97(81-120(135)93-42-14-7-15-43-93)108-67-35-51-89-47-19-23-55-104(89)108)128-85-100(141-126-75-69-95(106-65-33-49-87-45-17-21-53-102(87)106)77-122(126)132-114-61-29-25-57-110(114)112-59-27-31-63-116(112)137(132)141)71-73-124(128)139(133)123-72-70-99(84-127(123)142(129)134-117(90-36-8-4-9-37-90)78-96(79-118(134)91-38-10-5-11-39-91)107-66-34-50-88-46-18-22-54-103(88)107)140-125-74-68-94(105-64-32-48-86-44-16-20-52-101(86)105)76-121(125)131-113-60-28-24-56-109(113)111-58-26-30-62-115(111)136(131)140/h4-85H,1-3H3. The molecule has 143 heavy (non-hydrogen) atoms. The summed E-state index contributed by atoms with van der Waals surface area (Å²) in [5, 5.41) is 24.2. The molecular formula is C138H91BN4. The van der Waals surface area contributed by atoms with Crippen LogP contribution in [0.15, 0.2) is 497 Å². The lowest BCUT2D eigenvalue weighted by Gasteiger charge is -2.46. The fraction of sp³-hybridized carbons (Fsp3) is 0.0290. The van der Waals surface area contributed by atoms with Gasteiger partial charge in [0.15, 0.2) is 0 Å². The molecule has 0 fully saturated rings. The lowest BCUT2D eigenvalue weighted by Crippen LogP contribution is -2.61. The Balaban J connectivity index is 0.789. The zero-order chi connectivity index (χ0) is 94.4. The Kier molecular flexibility index (Phi) is 18.5. The Hall–Kier alpha value is -18.2. The fourth-order valence-electron chi connectivity index (χ4n) is 24.7. The van der Waals surface area contributed by atoms with Gasteiger partial charge in [0.25, 0.3) is 6.71 Å². The van der Waals surface area contributed by atoms with E-state index in [2.05, 4.69) is 537 Å². The van der Waals surface area contributed by atoms with Crippen molar-refractivity contribution in [2.45, 2.75) is 26.2 Å². The highest BCUT2D eigenvalue weighted by molar-refractivity contribution is 7.00. The minimum atomic E-state index is -0.455. The maximum atomic E-state index is 2.78. The van der Waals surface area contributed by atoms with Crippen LogP contribution in [0, 0.1) is 0 Å². The SMILES string of the molecule is CC(C)(C)c1cc2c3c(c1)N(c1c(-c4ccccc4)cc(-c4cccc5ccccc45)cc1-c1ccccc1)c1cc(-n4c5ccc(-c6cccc7ccccc67)cc5c5c6ccccc6c6ccccc6c54)ccc1B3c1ccc(-n3c4ccc(-c5cccc6ccccc56)cc4c4c5ccccc5c5ccccc5c43)cc1N2c1c(-c2ccccc2)cc(-c2cccc3ccccc23)cc1-c1ccccc1. The lowest BCUT2D eigenvalue weighted by molar-refractivity contribution is 0.590. The average Bonchev–Trinajstić information content (AvgIpc) is 1.28. The fourth-order valence-corrected chi connectivity index (χ4v) is 24.7. The number of benzene rings is 25. The van der Waals surface area contributed by atoms with Crippen molar-refractivity contribution in [2.75, 3.05) is 9.80 Å². The monoisotopic (exact) mass is 1810 g/mol. The van der Waals surface area contributed by atoms with Gasteiger partial charge in [0.2, 0.25) is 0 Å². The summed E-state index contributed by atoms with van der Waals surface area (Å²) in [6.07, 6.45) is 0. The van der Waals surface area contributed by atoms with Crippen LogP contribution in [0.2, 0.25) is 0 Å². The van der Waals surface area contributed by atoms with Crippen molar-refractivity contribution in [1.29, 1.82) is 0 Å². The van der Waals surface area contributed by atoms with E-state index in [0.29, 0.717) is 0 Å². The topological polar surface area (TPSA) is 16.3 Å². The second-order valence-electron chi connectivity index (χ2n) is 39.9. The summed E-state index contributed by atoms with van der Waals surface area (Å²) in [7, 11) is 0. The molecule has 2 aliphatic heterocycles. The van der Waals surface area contributed by atoms with Crippen LogP contribution in [-0.4, -0.2) is 15.8 Å². The Morgan fingerprint density at radius 1 is 0.189 bits per heavy atom. The first-order valence-electron chi connectivity index (χ1n) is 50.0. The molecule has 666 valence electrons. The van der Waals surface area contributed by atoms with Crippen LogP contribution in [0.4, 0.5) is 34.1 Å². The van der Waals surface area contributed by atoms with Gasteiger partial charge in [-0.15, -0.1) is 0 Å². The van der Waals surface area contributed by atoms with E-state index in [1.165, 1.54) is 163 Å². The quantitative estimate of drug-likeness (QED) is 0.0895. The van der Waals surface area contributed by atoms with E-state index in [1.54, 1.807) is 0 Å². The highest BCUT2D eigenvalue weighted by atomic mass is 15.2. The van der Waals surface area contributed by atoms with Crippen LogP contribution in [0.1, 0.15) is 26.3 Å². The van der Waals surface area contributed by atoms with E-state index in [0.717, 1.165) is 123 Å². The van der Waals surface area contributed by atoms with E-state index in [1.807, 2.05) is 0 Å². The van der Waals surface area contributed by atoms with E-state index >= 15 is 0 Å². The molecule has 2 aromatic heterocycles. The molecule has 5 heteroatoms. The molecule has 0 radical (unpaired) electrons. The lowest BCUT2D eigenvalue weighted by atomic mass is 9.33. The predicted octanol–water partition coefficient (Wildman–Crippen LogP) is 35.8. The van der Waals surface area contributed by atoms with Gasteiger partial charge in [-0.05, 0) is 254 Å². The molecule has 4 nitrogen and oxygen atoms in total. The molecule has 29 rings (SSSR count). The summed E-state index contributed by atoms with van der Waals surface area (Å²) < 4.78 is 5.28. The second-order valence-corrected chi connectivity index (χ2v) is 39.9. The first-order chi connectivity index (χ1) is 70.6. The average molecular weight is 1820 g/mol. The molecule has 2 aliphatic rings. The molecular weight excluding hydrogens is 1720 g/mol. The molecule has 0 saturated carbocycles. The van der Waals surface area contributed by atoms with Gasteiger partial charge in [-0.3, -0.25) is 0 Å². The van der Waals surface area contributed by atoms with Crippen molar-refractivity contribution in [3.05, 3.63) is 503 Å². The molecule has 0 saturated heterocycles. The third-order valence-corrected chi connectivity index (χ3v) is 31.1. The predicted molar refractivity (Wildman–Crippen MR) is 611 cm³/mol. The summed E-state index contributed by atoms with van der Waals surface area (Å²) in [5.41, 5.74) is 35.6. The molecule has 0 amide bonds. The summed E-state index contributed by atoms with van der Waals surface area (Å²) in [6, 6.07) is 190. The van der Waals surface area contributed by atoms with Gasteiger partial charge in [-0.25, -0.2) is 0 Å². The van der Waals surface area contributed by atoms with E-state index in [-0.39, 0.29) is 0 Å². The molecule has 4 heterocycles. The number of nitrogens with zero attached hydrogens (tertiary/aromatic N) is 4. The molecule has 0 N–H and O–H groups in total. The first-order valence-corrected chi connectivity index (χ1v) is 50.0. The molecule has 0 spiro atoms. The van der Waals surface area contributed by atoms with Gasteiger partial charge in [0.1, 0.15) is 0 Å². The summed E-state index contributed by atoms with van der Waals surface area (Å²) in [4.78, 5) is 5.55. The van der Waals surface area contributed by atoms with Gasteiger partial charge >= 0.3 is 0 Å². The molecule has 0 unspecified atom stereocenters. The summed E-state index contributed by atoms with van der Waals surface area (Å²) in [5.74, 6) is 0. The number of anilines is 6. The smallest absolute Gasteiger partial charge is 0.252 e. The van der Waals surface area contributed by atoms with Gasteiger partial charge in [0, 0.05) is 88.7 Å². The zero-order valence-corrected chi connectivity index (χ0v) is 79.2. The maximum absolute atomic E-state index is 2.78. The maximum Gasteiger partial charge on any atom is 0.252 e. The largest absolute Gasteiger partial charge is 0.310 e. The van der Waals surface area contributed by atoms with Crippen molar-refractivity contribution < 1.29 is 0 Å². The molecule has 27 aromatic rings. The van der Waals surface area contributed by atoms with Crippen LogP contribution >= 0.6 is 0 Å². The molecule has 0 aliphatic carbocycles. The van der Waals surface area contributed by atoms with E-state index < -0.39 is 12.1 Å². The second kappa shape index (κ2) is 32.2. The normalized spacial score (nSPS) is 12.5. The number of hydrogen-bond acceptors (Lipinski definition) is 2. The van der Waals surface area contributed by atoms with Crippen molar-refractivity contribution in [2.24, 2.45) is 0 Å². The van der Waals surface area contributed by atoms with E-state index in [9.17, 15) is 0 Å². The van der Waals surface area contributed by atoms with Gasteiger partial charge in [-0.2, -0.15) is 0 Å². The van der Waals surface area contributed by atoms with Crippen LogP contribution in [0.5, 0.6) is 0 Å². The number of aromatic nitrogens is 2. The Morgan fingerprint density at radius 3 is 0.797 bits per heavy atom. The minimum Gasteiger partial charge on any atom is -0.310 e. The number of rotatable bonds is 12. The summed E-state index contributed by atoms with van der Waals surface area (Å²) >= 11 is 0. The highest BCUT2D eigenvalue weighted by Gasteiger charge is 2.47. The van der Waals surface area contributed by atoms with Crippen molar-refractivity contribution in [3.63, 3.8) is 0 Å². The van der Waals surface area contributed by atoms with Gasteiger partial charge < -0.3 is 18.9 Å². The first kappa shape index (κ1) is 82.0. The number of hydrogen-bond donors (Lipinski definition) is 0. The Labute approximate surface area is 829 Å².